The van der Waals surface area contributed by atoms with Gasteiger partial charge in [0.25, 0.3) is 5.91 Å². The summed E-state index contributed by atoms with van der Waals surface area (Å²) in [6, 6.07) is 8.56. The first-order valence-corrected chi connectivity index (χ1v) is 10.5. The molecule has 28 heavy (non-hydrogen) atoms. The molecule has 0 N–H and O–H groups in total. The summed E-state index contributed by atoms with van der Waals surface area (Å²) < 4.78 is 12.2. The summed E-state index contributed by atoms with van der Waals surface area (Å²) in [4.78, 5) is 17.3. The van der Waals surface area contributed by atoms with Crippen molar-refractivity contribution in [2.24, 2.45) is 0 Å². The highest BCUT2D eigenvalue weighted by Crippen LogP contribution is 2.36. The lowest BCUT2D eigenvalue weighted by atomic mass is 9.79. The molecule has 2 saturated heterocycles. The molecule has 1 aromatic rings. The predicted molar refractivity (Wildman–Crippen MR) is 114 cm³/mol. The van der Waals surface area contributed by atoms with Gasteiger partial charge in [-0.05, 0) is 72.0 Å². The SMILES string of the molecule is CC(C)N1CCC(N(C)C(=O)c2ccc(B3OC(C)(C)C(C)(C)O3)cc2)CC1. The minimum atomic E-state index is -0.396. The molecule has 0 aliphatic carbocycles. The van der Waals surface area contributed by atoms with E-state index in [4.69, 9.17) is 9.31 Å². The second kappa shape index (κ2) is 7.81. The molecule has 1 amide bonds. The number of carbonyl (C=O) groups is 1. The van der Waals surface area contributed by atoms with Gasteiger partial charge >= 0.3 is 7.12 Å². The van der Waals surface area contributed by atoms with Crippen LogP contribution in [0.1, 0.15) is 64.7 Å². The number of benzene rings is 1. The lowest BCUT2D eigenvalue weighted by molar-refractivity contribution is 0.00578. The third-order valence-corrected chi connectivity index (χ3v) is 6.78. The van der Waals surface area contributed by atoms with E-state index in [1.807, 2.05) is 63.9 Å². The average molecular weight is 386 g/mol. The van der Waals surface area contributed by atoms with Crippen molar-refractivity contribution in [2.45, 2.75) is 77.7 Å². The van der Waals surface area contributed by atoms with Crippen molar-refractivity contribution < 1.29 is 14.1 Å². The lowest BCUT2D eigenvalue weighted by Crippen LogP contribution is -2.47. The van der Waals surface area contributed by atoms with Gasteiger partial charge in [-0.25, -0.2) is 0 Å². The molecule has 2 heterocycles. The lowest BCUT2D eigenvalue weighted by Gasteiger charge is -2.38. The fourth-order valence-corrected chi connectivity index (χ4v) is 3.92. The molecular weight excluding hydrogens is 351 g/mol. The Bertz CT molecular complexity index is 678. The fraction of sp³-hybridized carbons (Fsp3) is 0.682. The molecule has 0 atom stereocenters. The molecule has 0 aromatic heterocycles. The Morgan fingerprint density at radius 2 is 1.57 bits per heavy atom. The Kier molecular flexibility index (Phi) is 5.95. The largest absolute Gasteiger partial charge is 0.494 e. The number of hydrogen-bond acceptors (Lipinski definition) is 4. The third-order valence-electron chi connectivity index (χ3n) is 6.78. The normalized spacial score (nSPS) is 22.6. The van der Waals surface area contributed by atoms with Crippen LogP contribution in [0.5, 0.6) is 0 Å². The summed E-state index contributed by atoms with van der Waals surface area (Å²) in [5.74, 6) is 0.0865. The highest BCUT2D eigenvalue weighted by Gasteiger charge is 2.51. The first-order chi connectivity index (χ1) is 13.0. The maximum atomic E-state index is 12.9. The van der Waals surface area contributed by atoms with Gasteiger partial charge in [0.05, 0.1) is 11.2 Å². The molecule has 2 aliphatic heterocycles. The summed E-state index contributed by atoms with van der Waals surface area (Å²) in [5, 5.41) is 0. The van der Waals surface area contributed by atoms with Gasteiger partial charge in [0.15, 0.2) is 0 Å². The minimum Gasteiger partial charge on any atom is -0.399 e. The molecule has 154 valence electrons. The number of amides is 1. The van der Waals surface area contributed by atoms with Crippen LogP contribution in [0.4, 0.5) is 0 Å². The van der Waals surface area contributed by atoms with Crippen LogP contribution in [0.25, 0.3) is 0 Å². The number of rotatable bonds is 4. The van der Waals surface area contributed by atoms with Crippen LogP contribution in [-0.4, -0.2) is 66.2 Å². The van der Waals surface area contributed by atoms with Crippen LogP contribution in [0.3, 0.4) is 0 Å². The van der Waals surface area contributed by atoms with Gasteiger partial charge in [-0.15, -0.1) is 0 Å². The number of piperidine rings is 1. The summed E-state index contributed by atoms with van der Waals surface area (Å²) >= 11 is 0. The zero-order valence-electron chi connectivity index (χ0n) is 18.5. The first kappa shape index (κ1) is 21.3. The Morgan fingerprint density at radius 3 is 2.04 bits per heavy atom. The van der Waals surface area contributed by atoms with Crippen molar-refractivity contribution >= 4 is 18.5 Å². The van der Waals surface area contributed by atoms with Crippen molar-refractivity contribution in [2.75, 3.05) is 20.1 Å². The molecule has 6 heteroatoms. The molecule has 0 bridgehead atoms. The van der Waals surface area contributed by atoms with Crippen LogP contribution in [-0.2, 0) is 9.31 Å². The van der Waals surface area contributed by atoms with Gasteiger partial charge in [0, 0.05) is 37.8 Å². The maximum absolute atomic E-state index is 12.9. The number of hydrogen-bond donors (Lipinski definition) is 0. The Labute approximate surface area is 170 Å². The van der Waals surface area contributed by atoms with E-state index in [2.05, 4.69) is 18.7 Å². The van der Waals surface area contributed by atoms with Crippen LogP contribution in [0.15, 0.2) is 24.3 Å². The Balaban J connectivity index is 1.63. The highest BCUT2D eigenvalue weighted by molar-refractivity contribution is 6.62. The topological polar surface area (TPSA) is 42.0 Å². The minimum absolute atomic E-state index is 0.0865. The van der Waals surface area contributed by atoms with E-state index in [1.54, 1.807) is 0 Å². The summed E-state index contributed by atoms with van der Waals surface area (Å²) in [7, 11) is 1.53. The number of likely N-dealkylation sites (tertiary alicyclic amines) is 1. The third kappa shape index (κ3) is 4.14. The molecule has 0 saturated carbocycles. The van der Waals surface area contributed by atoms with Crippen LogP contribution >= 0.6 is 0 Å². The number of carbonyl (C=O) groups excluding carboxylic acids is 1. The van der Waals surface area contributed by atoms with Crippen molar-refractivity contribution in [1.82, 2.24) is 9.80 Å². The molecule has 2 aliphatic rings. The van der Waals surface area contributed by atoms with Gasteiger partial charge in [0.2, 0.25) is 0 Å². The molecule has 1 aromatic carbocycles. The van der Waals surface area contributed by atoms with E-state index in [-0.39, 0.29) is 17.1 Å². The summed E-state index contributed by atoms with van der Waals surface area (Å²) in [6.45, 7) is 14.8. The predicted octanol–water partition coefficient (Wildman–Crippen LogP) is 2.93. The molecule has 0 unspecified atom stereocenters. The van der Waals surface area contributed by atoms with Crippen LogP contribution < -0.4 is 5.46 Å². The second-order valence-corrected chi connectivity index (χ2v) is 9.49. The van der Waals surface area contributed by atoms with E-state index in [9.17, 15) is 4.79 Å². The van der Waals surface area contributed by atoms with Gasteiger partial charge in [-0.2, -0.15) is 0 Å². The maximum Gasteiger partial charge on any atom is 0.494 e. The molecule has 3 rings (SSSR count). The van der Waals surface area contributed by atoms with Gasteiger partial charge in [0.1, 0.15) is 0 Å². The summed E-state index contributed by atoms with van der Waals surface area (Å²) in [6.07, 6.45) is 2.07. The zero-order chi connectivity index (χ0) is 20.7. The molecule has 0 spiro atoms. The average Bonchev–Trinajstić information content (AvgIpc) is 2.88. The van der Waals surface area contributed by atoms with E-state index < -0.39 is 7.12 Å². The van der Waals surface area contributed by atoms with Crippen molar-refractivity contribution in [3.05, 3.63) is 29.8 Å². The van der Waals surface area contributed by atoms with E-state index in [0.717, 1.165) is 31.4 Å². The van der Waals surface area contributed by atoms with Crippen molar-refractivity contribution in [3.63, 3.8) is 0 Å². The smallest absolute Gasteiger partial charge is 0.399 e. The summed E-state index contributed by atoms with van der Waals surface area (Å²) in [5.41, 5.74) is 0.936. The van der Waals surface area contributed by atoms with Gasteiger partial charge < -0.3 is 19.1 Å². The quantitative estimate of drug-likeness (QED) is 0.747. The molecule has 2 fully saturated rings. The monoisotopic (exact) mass is 386 g/mol. The molecular formula is C22H35BN2O3. The number of nitrogens with zero attached hydrogens (tertiary/aromatic N) is 2. The Morgan fingerprint density at radius 1 is 1.07 bits per heavy atom. The van der Waals surface area contributed by atoms with E-state index >= 15 is 0 Å². The zero-order valence-corrected chi connectivity index (χ0v) is 18.5. The first-order valence-electron chi connectivity index (χ1n) is 10.5. The highest BCUT2D eigenvalue weighted by atomic mass is 16.7. The van der Waals surface area contributed by atoms with Crippen molar-refractivity contribution in [3.8, 4) is 0 Å². The Hall–Kier alpha value is -1.37. The van der Waals surface area contributed by atoms with E-state index in [0.29, 0.717) is 17.6 Å². The van der Waals surface area contributed by atoms with Gasteiger partial charge in [-0.3, -0.25) is 4.79 Å². The van der Waals surface area contributed by atoms with Crippen LogP contribution in [0.2, 0.25) is 0 Å². The molecule has 0 radical (unpaired) electrons. The van der Waals surface area contributed by atoms with Crippen LogP contribution in [0, 0.1) is 0 Å². The van der Waals surface area contributed by atoms with E-state index in [1.165, 1.54) is 0 Å². The standard InChI is InChI=1S/C22H35BN2O3/c1-16(2)25-14-12-19(13-15-25)24(7)20(26)17-8-10-18(11-9-17)23-27-21(3,4)22(5,6)28-23/h8-11,16,19H,12-15H2,1-7H3. The second-order valence-electron chi connectivity index (χ2n) is 9.49. The fourth-order valence-electron chi connectivity index (χ4n) is 3.92. The molecule has 5 nitrogen and oxygen atoms in total. The van der Waals surface area contributed by atoms with Crippen molar-refractivity contribution in [1.29, 1.82) is 0 Å². The van der Waals surface area contributed by atoms with Gasteiger partial charge in [-0.1, -0.05) is 12.1 Å².